The number of hydrogen-bond donors (Lipinski definition) is 3. The van der Waals surface area contributed by atoms with Crippen LogP contribution in [0.1, 0.15) is 22.5 Å². The van der Waals surface area contributed by atoms with E-state index in [2.05, 4.69) is 10.4 Å². The van der Waals surface area contributed by atoms with Gasteiger partial charge in [0.25, 0.3) is 5.91 Å². The van der Waals surface area contributed by atoms with Gasteiger partial charge in [-0.25, -0.2) is 9.07 Å². The molecule has 0 spiro atoms. The number of carbonyl (C=O) groups excluding carboxylic acids is 1. The van der Waals surface area contributed by atoms with Crippen molar-refractivity contribution in [2.24, 2.45) is 5.92 Å². The highest BCUT2D eigenvalue weighted by Crippen LogP contribution is 2.22. The van der Waals surface area contributed by atoms with E-state index in [1.54, 1.807) is 6.92 Å². The van der Waals surface area contributed by atoms with E-state index in [1.165, 1.54) is 29.1 Å². The standard InChI is InChI=1S/C17H18FN3O3/c1-10-6-12(18)3-5-14(10)21-8-15(23)16(20-21)17(24)19-13-4-2-11(7-13)9-22/h2-6,8,11,13,22-23H,7,9H2,1H3,(H,19,24)/t11-,13+/m0/s1. The van der Waals surface area contributed by atoms with Crippen molar-refractivity contribution in [3.8, 4) is 11.4 Å². The van der Waals surface area contributed by atoms with Crippen LogP contribution in [0.5, 0.6) is 5.75 Å². The number of aromatic hydroxyl groups is 1. The lowest BCUT2D eigenvalue weighted by Gasteiger charge is -2.11. The fraction of sp³-hybridized carbons (Fsp3) is 0.294. The van der Waals surface area contributed by atoms with Crippen LogP contribution in [0.4, 0.5) is 4.39 Å². The van der Waals surface area contributed by atoms with Crippen LogP contribution in [0.15, 0.2) is 36.5 Å². The van der Waals surface area contributed by atoms with Crippen molar-refractivity contribution < 1.29 is 19.4 Å². The topological polar surface area (TPSA) is 87.4 Å². The number of amides is 1. The highest BCUT2D eigenvalue weighted by atomic mass is 19.1. The summed E-state index contributed by atoms with van der Waals surface area (Å²) in [4.78, 5) is 12.3. The number of aromatic nitrogens is 2. The Bertz CT molecular complexity index is 800. The number of nitrogens with one attached hydrogen (secondary N) is 1. The quantitative estimate of drug-likeness (QED) is 0.744. The molecule has 0 saturated heterocycles. The van der Waals surface area contributed by atoms with E-state index >= 15 is 0 Å². The van der Waals surface area contributed by atoms with Gasteiger partial charge in [-0.15, -0.1) is 0 Å². The van der Waals surface area contributed by atoms with Gasteiger partial charge in [0.05, 0.1) is 11.9 Å². The normalized spacial score (nSPS) is 19.6. The first-order valence-corrected chi connectivity index (χ1v) is 7.63. The van der Waals surface area contributed by atoms with Crippen molar-refractivity contribution in [3.63, 3.8) is 0 Å². The SMILES string of the molecule is Cc1cc(F)ccc1-n1cc(O)c(C(=O)N[C@@H]2C=C[C@H](CO)C2)n1. The van der Waals surface area contributed by atoms with Gasteiger partial charge in [-0.05, 0) is 37.1 Å². The number of aryl methyl sites for hydroxylation is 1. The van der Waals surface area contributed by atoms with Crippen molar-refractivity contribution in [2.45, 2.75) is 19.4 Å². The van der Waals surface area contributed by atoms with Crippen molar-refractivity contribution in [2.75, 3.05) is 6.61 Å². The molecule has 7 heteroatoms. The van der Waals surface area contributed by atoms with Gasteiger partial charge in [0.1, 0.15) is 5.82 Å². The molecule has 1 amide bonds. The zero-order valence-corrected chi connectivity index (χ0v) is 13.1. The summed E-state index contributed by atoms with van der Waals surface area (Å²) in [5.74, 6) is -1.09. The predicted octanol–water partition coefficient (Wildman–Crippen LogP) is 1.69. The minimum absolute atomic E-state index is 0.0309. The Morgan fingerprint density at radius 2 is 2.25 bits per heavy atom. The van der Waals surface area contributed by atoms with Gasteiger partial charge in [0, 0.05) is 18.6 Å². The average molecular weight is 331 g/mol. The smallest absolute Gasteiger partial charge is 0.276 e. The van der Waals surface area contributed by atoms with Crippen LogP contribution in [-0.4, -0.2) is 38.5 Å². The second-order valence-corrected chi connectivity index (χ2v) is 5.88. The number of halogens is 1. The zero-order valence-electron chi connectivity index (χ0n) is 13.1. The Morgan fingerprint density at radius 1 is 1.46 bits per heavy atom. The van der Waals surface area contributed by atoms with Crippen LogP contribution < -0.4 is 5.32 Å². The van der Waals surface area contributed by atoms with Gasteiger partial charge in [0.2, 0.25) is 0 Å². The third kappa shape index (κ3) is 3.16. The predicted molar refractivity (Wildman–Crippen MR) is 85.5 cm³/mol. The molecule has 24 heavy (non-hydrogen) atoms. The molecule has 0 aliphatic heterocycles. The summed E-state index contributed by atoms with van der Waals surface area (Å²) in [6, 6.07) is 3.97. The van der Waals surface area contributed by atoms with E-state index in [0.29, 0.717) is 17.7 Å². The van der Waals surface area contributed by atoms with Crippen molar-refractivity contribution in [1.29, 1.82) is 0 Å². The minimum Gasteiger partial charge on any atom is -0.504 e. The molecule has 1 aromatic carbocycles. The summed E-state index contributed by atoms with van der Waals surface area (Å²) < 4.78 is 14.5. The van der Waals surface area contributed by atoms with Crippen molar-refractivity contribution >= 4 is 5.91 Å². The second-order valence-electron chi connectivity index (χ2n) is 5.88. The molecule has 1 aliphatic rings. The number of nitrogens with zero attached hydrogens (tertiary/aromatic N) is 2. The van der Waals surface area contributed by atoms with Gasteiger partial charge in [-0.2, -0.15) is 5.10 Å². The first kappa shape index (κ1) is 16.2. The number of aliphatic hydroxyl groups is 1. The average Bonchev–Trinajstić information content (AvgIpc) is 3.13. The van der Waals surface area contributed by atoms with E-state index in [0.717, 1.165) is 0 Å². The lowest BCUT2D eigenvalue weighted by molar-refractivity contribution is 0.0933. The van der Waals surface area contributed by atoms with E-state index in [4.69, 9.17) is 5.11 Å². The number of carbonyl (C=O) groups is 1. The molecule has 2 atom stereocenters. The van der Waals surface area contributed by atoms with Crippen LogP contribution in [0, 0.1) is 18.7 Å². The molecule has 0 unspecified atom stereocenters. The third-order valence-corrected chi connectivity index (χ3v) is 4.04. The molecule has 0 radical (unpaired) electrons. The zero-order chi connectivity index (χ0) is 17.3. The number of hydrogen-bond acceptors (Lipinski definition) is 4. The summed E-state index contributed by atoms with van der Waals surface area (Å²) in [5, 5.41) is 26.0. The Balaban J connectivity index is 1.79. The van der Waals surface area contributed by atoms with E-state index in [-0.39, 0.29) is 35.8 Å². The number of aliphatic hydroxyl groups excluding tert-OH is 1. The monoisotopic (exact) mass is 331 g/mol. The maximum Gasteiger partial charge on any atom is 0.276 e. The van der Waals surface area contributed by atoms with Gasteiger partial charge in [0.15, 0.2) is 11.4 Å². The Kier molecular flexibility index (Phi) is 4.35. The summed E-state index contributed by atoms with van der Waals surface area (Å²) in [7, 11) is 0. The summed E-state index contributed by atoms with van der Waals surface area (Å²) >= 11 is 0. The molecule has 1 aromatic heterocycles. The molecule has 1 heterocycles. The van der Waals surface area contributed by atoms with Gasteiger partial charge in [-0.3, -0.25) is 4.79 Å². The molecule has 3 N–H and O–H groups in total. The van der Waals surface area contributed by atoms with Crippen molar-refractivity contribution in [3.05, 3.63) is 53.6 Å². The van der Waals surface area contributed by atoms with Gasteiger partial charge in [-0.1, -0.05) is 12.2 Å². The Labute approximate surface area is 138 Å². The maximum atomic E-state index is 13.2. The Hall–Kier alpha value is -2.67. The molecule has 126 valence electrons. The van der Waals surface area contributed by atoms with Crippen LogP contribution in [-0.2, 0) is 0 Å². The molecule has 0 fully saturated rings. The fourth-order valence-electron chi connectivity index (χ4n) is 2.78. The first-order valence-electron chi connectivity index (χ1n) is 7.63. The van der Waals surface area contributed by atoms with E-state index in [1.807, 2.05) is 12.2 Å². The highest BCUT2D eigenvalue weighted by Gasteiger charge is 2.23. The lowest BCUT2D eigenvalue weighted by atomic mass is 10.1. The first-order chi connectivity index (χ1) is 11.5. The minimum atomic E-state index is -0.501. The number of benzene rings is 1. The molecule has 1 aliphatic carbocycles. The van der Waals surface area contributed by atoms with Crippen LogP contribution in [0.25, 0.3) is 5.69 Å². The Morgan fingerprint density at radius 3 is 2.92 bits per heavy atom. The maximum absolute atomic E-state index is 13.2. The molecule has 0 bridgehead atoms. The number of rotatable bonds is 4. The lowest BCUT2D eigenvalue weighted by Crippen LogP contribution is -2.33. The van der Waals surface area contributed by atoms with Crippen LogP contribution >= 0.6 is 0 Å². The van der Waals surface area contributed by atoms with Crippen LogP contribution in [0.2, 0.25) is 0 Å². The fourth-order valence-corrected chi connectivity index (χ4v) is 2.78. The second kappa shape index (κ2) is 6.45. The summed E-state index contributed by atoms with van der Waals surface area (Å²) in [6.07, 6.45) is 5.60. The molecule has 6 nitrogen and oxygen atoms in total. The highest BCUT2D eigenvalue weighted by molar-refractivity contribution is 5.95. The molecular weight excluding hydrogens is 313 g/mol. The molecule has 3 rings (SSSR count). The summed E-state index contributed by atoms with van der Waals surface area (Å²) in [5.41, 5.74) is 1.11. The summed E-state index contributed by atoms with van der Waals surface area (Å²) in [6.45, 7) is 1.75. The van der Waals surface area contributed by atoms with Gasteiger partial charge < -0.3 is 15.5 Å². The van der Waals surface area contributed by atoms with Crippen molar-refractivity contribution in [1.82, 2.24) is 15.1 Å². The largest absolute Gasteiger partial charge is 0.504 e. The molecule has 2 aromatic rings. The molecule has 0 saturated carbocycles. The third-order valence-electron chi connectivity index (χ3n) is 4.04. The van der Waals surface area contributed by atoms with E-state index in [9.17, 15) is 14.3 Å². The van der Waals surface area contributed by atoms with E-state index < -0.39 is 5.91 Å². The molecular formula is C17H18FN3O3. The van der Waals surface area contributed by atoms with Crippen LogP contribution in [0.3, 0.4) is 0 Å². The van der Waals surface area contributed by atoms with Gasteiger partial charge >= 0.3 is 0 Å².